The van der Waals surface area contributed by atoms with Crippen LogP contribution in [0, 0.1) is 0 Å². The van der Waals surface area contributed by atoms with Crippen LogP contribution < -0.4 is 10.7 Å². The number of primary sulfonamides is 1. The Balaban J connectivity index is 1.74. The molecule has 0 bridgehead atoms. The van der Waals surface area contributed by atoms with Crippen LogP contribution in [0.1, 0.15) is 5.56 Å². The van der Waals surface area contributed by atoms with E-state index in [1.54, 1.807) is 30.3 Å². The quantitative estimate of drug-likeness (QED) is 0.545. The summed E-state index contributed by atoms with van der Waals surface area (Å²) in [6.07, 6.45) is 0.788. The Hall–Kier alpha value is -3.16. The highest BCUT2D eigenvalue weighted by molar-refractivity contribution is 7.89. The van der Waals surface area contributed by atoms with Crippen LogP contribution in [0.3, 0.4) is 0 Å². The summed E-state index contributed by atoms with van der Waals surface area (Å²) in [6.45, 7) is 0.635. The second kappa shape index (κ2) is 7.10. The Morgan fingerprint density at radius 2 is 1.64 bits per heavy atom. The molecule has 0 amide bonds. The minimum absolute atomic E-state index is 0.0364. The number of hydrogen-bond acceptors (Lipinski definition) is 3. The molecular weight excluding hydrogens is 374 g/mol. The van der Waals surface area contributed by atoms with Crippen molar-refractivity contribution in [2.75, 3.05) is 0 Å². The van der Waals surface area contributed by atoms with Crippen LogP contribution in [-0.2, 0) is 23.0 Å². The van der Waals surface area contributed by atoms with Gasteiger partial charge in [0.15, 0.2) is 0 Å². The van der Waals surface area contributed by atoms with Crippen molar-refractivity contribution < 1.29 is 8.42 Å². The molecule has 0 aliphatic carbocycles. The second-order valence-corrected chi connectivity index (χ2v) is 8.13. The molecule has 0 fully saturated rings. The number of fused-ring (bicyclic) bond motifs is 1. The van der Waals surface area contributed by atoms with Crippen molar-refractivity contribution in [1.29, 1.82) is 0 Å². The summed E-state index contributed by atoms with van der Waals surface area (Å²) < 4.78 is 25.6. The van der Waals surface area contributed by atoms with Gasteiger partial charge in [-0.2, -0.15) is 0 Å². The van der Waals surface area contributed by atoms with E-state index in [2.05, 4.69) is 5.10 Å². The first-order chi connectivity index (χ1) is 13.4. The third-order valence-electron chi connectivity index (χ3n) is 4.74. The van der Waals surface area contributed by atoms with Crippen molar-refractivity contribution in [3.8, 4) is 11.1 Å². The Bertz CT molecular complexity index is 1310. The zero-order chi connectivity index (χ0) is 19.7. The maximum Gasteiger partial charge on any atom is 0.271 e. The molecule has 0 saturated heterocycles. The largest absolute Gasteiger partial charge is 0.284 e. The topological polar surface area (TPSA) is 98.0 Å². The molecule has 0 unspecified atom stereocenters. The summed E-state index contributed by atoms with van der Waals surface area (Å²) in [5.74, 6) is 0. The first-order valence-corrected chi connectivity index (χ1v) is 10.4. The van der Waals surface area contributed by atoms with Gasteiger partial charge in [-0.3, -0.25) is 14.6 Å². The highest BCUT2D eigenvalue weighted by Gasteiger charge is 2.16. The predicted molar refractivity (Wildman–Crippen MR) is 110 cm³/mol. The summed E-state index contributed by atoms with van der Waals surface area (Å²) in [5.41, 5.74) is 2.85. The van der Waals surface area contributed by atoms with E-state index < -0.39 is 10.0 Å². The number of sulfonamides is 1. The highest BCUT2D eigenvalue weighted by atomic mass is 32.2. The molecule has 4 rings (SSSR count). The molecule has 3 aromatic carbocycles. The van der Waals surface area contributed by atoms with E-state index in [0.29, 0.717) is 23.1 Å². The standard InChI is InChI=1S/C21H19N3O3S/c22-28(26,27)20-9-5-4-8-17(20)16-10-11-19-18(14-16)21(25)23-24(19)13-12-15-6-2-1-3-7-15/h1-11,14H,12-13H2,(H,23,25)(H2,22,26,27). The van der Waals surface area contributed by atoms with Gasteiger partial charge in [-0.05, 0) is 35.7 Å². The molecule has 0 aliphatic rings. The average Bonchev–Trinajstić information content (AvgIpc) is 3.02. The zero-order valence-corrected chi connectivity index (χ0v) is 15.8. The fourth-order valence-corrected chi connectivity index (χ4v) is 4.14. The number of H-pyrrole nitrogens is 1. The number of nitrogens with two attached hydrogens (primary N) is 1. The molecule has 7 heteroatoms. The number of aryl methyl sites for hydroxylation is 2. The van der Waals surface area contributed by atoms with Crippen LogP contribution in [0.2, 0.25) is 0 Å². The maximum absolute atomic E-state index is 12.5. The lowest BCUT2D eigenvalue weighted by atomic mass is 10.0. The molecule has 0 saturated carbocycles. The summed E-state index contributed by atoms with van der Waals surface area (Å²) in [6, 6.07) is 21.9. The van der Waals surface area contributed by atoms with E-state index in [0.717, 1.165) is 11.9 Å². The van der Waals surface area contributed by atoms with Crippen LogP contribution in [-0.4, -0.2) is 18.2 Å². The SMILES string of the molecule is NS(=O)(=O)c1ccccc1-c1ccc2c(c1)c(=O)[nH]n2CCc1ccccc1. The lowest BCUT2D eigenvalue weighted by Gasteiger charge is -2.09. The van der Waals surface area contributed by atoms with Crippen LogP contribution in [0.4, 0.5) is 0 Å². The molecule has 28 heavy (non-hydrogen) atoms. The van der Waals surface area contributed by atoms with Gasteiger partial charge in [-0.15, -0.1) is 0 Å². The summed E-state index contributed by atoms with van der Waals surface area (Å²) in [4.78, 5) is 12.5. The van der Waals surface area contributed by atoms with Gasteiger partial charge in [0.25, 0.3) is 5.56 Å². The number of aromatic nitrogens is 2. The molecule has 0 aliphatic heterocycles. The predicted octanol–water partition coefficient (Wildman–Crippen LogP) is 2.89. The van der Waals surface area contributed by atoms with Crippen molar-refractivity contribution >= 4 is 20.9 Å². The number of hydrogen-bond donors (Lipinski definition) is 2. The zero-order valence-electron chi connectivity index (χ0n) is 15.0. The summed E-state index contributed by atoms with van der Waals surface area (Å²) >= 11 is 0. The van der Waals surface area contributed by atoms with Gasteiger partial charge in [-0.25, -0.2) is 13.6 Å². The smallest absolute Gasteiger partial charge is 0.271 e. The van der Waals surface area contributed by atoms with E-state index in [1.807, 2.05) is 41.1 Å². The van der Waals surface area contributed by atoms with Gasteiger partial charge >= 0.3 is 0 Å². The molecule has 1 heterocycles. The number of nitrogens with zero attached hydrogens (tertiary/aromatic N) is 1. The Morgan fingerprint density at radius 3 is 2.39 bits per heavy atom. The van der Waals surface area contributed by atoms with Crippen molar-refractivity contribution in [3.63, 3.8) is 0 Å². The number of nitrogens with one attached hydrogen (secondary N) is 1. The summed E-state index contributed by atoms with van der Waals surface area (Å²) in [7, 11) is -3.87. The molecule has 3 N–H and O–H groups in total. The van der Waals surface area contributed by atoms with E-state index in [-0.39, 0.29) is 10.5 Å². The van der Waals surface area contributed by atoms with Crippen LogP contribution in [0.15, 0.2) is 82.5 Å². The minimum Gasteiger partial charge on any atom is -0.284 e. The van der Waals surface area contributed by atoms with Crippen molar-refractivity contribution in [1.82, 2.24) is 9.78 Å². The van der Waals surface area contributed by atoms with Gasteiger partial charge in [0.1, 0.15) is 0 Å². The third-order valence-corrected chi connectivity index (χ3v) is 5.71. The van der Waals surface area contributed by atoms with Crippen LogP contribution in [0.25, 0.3) is 22.0 Å². The van der Waals surface area contributed by atoms with Crippen molar-refractivity contribution in [2.45, 2.75) is 17.9 Å². The van der Waals surface area contributed by atoms with Gasteiger partial charge < -0.3 is 0 Å². The van der Waals surface area contributed by atoms with Crippen molar-refractivity contribution in [2.24, 2.45) is 5.14 Å². The monoisotopic (exact) mass is 393 g/mol. The van der Waals surface area contributed by atoms with E-state index in [1.165, 1.54) is 11.6 Å². The molecule has 142 valence electrons. The lowest BCUT2D eigenvalue weighted by Crippen LogP contribution is -2.13. The second-order valence-electron chi connectivity index (χ2n) is 6.60. The number of aromatic amines is 1. The van der Waals surface area contributed by atoms with Gasteiger partial charge in [0, 0.05) is 12.1 Å². The number of benzene rings is 3. The number of rotatable bonds is 5. The van der Waals surface area contributed by atoms with Gasteiger partial charge in [-0.1, -0.05) is 54.6 Å². The van der Waals surface area contributed by atoms with Crippen LogP contribution >= 0.6 is 0 Å². The molecule has 6 nitrogen and oxygen atoms in total. The highest BCUT2D eigenvalue weighted by Crippen LogP contribution is 2.28. The normalized spacial score (nSPS) is 11.8. The van der Waals surface area contributed by atoms with Crippen LogP contribution in [0.5, 0.6) is 0 Å². The first-order valence-electron chi connectivity index (χ1n) is 8.82. The molecule has 0 atom stereocenters. The fraction of sp³-hybridized carbons (Fsp3) is 0.0952. The molecule has 0 radical (unpaired) electrons. The van der Waals surface area contributed by atoms with Crippen molar-refractivity contribution in [3.05, 3.63) is 88.7 Å². The maximum atomic E-state index is 12.5. The Morgan fingerprint density at radius 1 is 0.929 bits per heavy atom. The Labute approximate surface area is 162 Å². The van der Waals surface area contributed by atoms with Gasteiger partial charge in [0.2, 0.25) is 10.0 Å². The molecule has 4 aromatic rings. The van der Waals surface area contributed by atoms with E-state index >= 15 is 0 Å². The fourth-order valence-electron chi connectivity index (χ4n) is 3.38. The summed E-state index contributed by atoms with van der Waals surface area (Å²) in [5, 5.41) is 8.71. The average molecular weight is 393 g/mol. The van der Waals surface area contributed by atoms with E-state index in [4.69, 9.17) is 5.14 Å². The minimum atomic E-state index is -3.87. The lowest BCUT2D eigenvalue weighted by molar-refractivity contribution is 0.598. The van der Waals surface area contributed by atoms with Gasteiger partial charge in [0.05, 0.1) is 15.8 Å². The molecule has 0 spiro atoms. The molecular formula is C21H19N3O3S. The molecule has 1 aromatic heterocycles. The first kappa shape index (κ1) is 18.2. The third kappa shape index (κ3) is 3.49. The Kier molecular flexibility index (Phi) is 4.62. The van der Waals surface area contributed by atoms with E-state index in [9.17, 15) is 13.2 Å².